The molecular formula is C20H18BrN3O5. The van der Waals surface area contributed by atoms with Gasteiger partial charge in [0.1, 0.15) is 12.3 Å². The molecule has 9 heteroatoms. The molecule has 0 spiro atoms. The van der Waals surface area contributed by atoms with Gasteiger partial charge in [0, 0.05) is 29.2 Å². The molecule has 0 unspecified atom stereocenters. The number of nitrogens with zero attached hydrogens (tertiary/aromatic N) is 3. The number of carbonyl (C=O) groups is 2. The minimum atomic E-state index is -0.539. The third kappa shape index (κ3) is 4.24. The average molecular weight is 460 g/mol. The lowest BCUT2D eigenvalue weighted by Gasteiger charge is -2.31. The summed E-state index contributed by atoms with van der Waals surface area (Å²) in [4.78, 5) is 39.2. The van der Waals surface area contributed by atoms with Crippen LogP contribution in [0.5, 0.6) is 5.75 Å². The van der Waals surface area contributed by atoms with Crippen LogP contribution >= 0.6 is 15.9 Å². The van der Waals surface area contributed by atoms with Gasteiger partial charge in [-0.05, 0) is 36.6 Å². The summed E-state index contributed by atoms with van der Waals surface area (Å²) in [6.07, 6.45) is 1.86. The van der Waals surface area contributed by atoms with Crippen molar-refractivity contribution in [3.05, 3.63) is 62.6 Å². The molecule has 0 radical (unpaired) electrons. The topological polar surface area (TPSA) is 93.0 Å². The Balaban J connectivity index is 1.57. The van der Waals surface area contributed by atoms with Crippen LogP contribution in [0.4, 0.5) is 11.4 Å². The number of hydrogen-bond acceptors (Lipinski definition) is 5. The number of nitro benzene ring substituents is 1. The van der Waals surface area contributed by atoms with Gasteiger partial charge >= 0.3 is 0 Å². The van der Waals surface area contributed by atoms with Crippen LogP contribution in [0.25, 0.3) is 0 Å². The average Bonchev–Trinajstić information content (AvgIpc) is 3.53. The number of benzene rings is 2. The summed E-state index contributed by atoms with van der Waals surface area (Å²) >= 11 is 3.44. The Bertz CT molecular complexity index is 992. The van der Waals surface area contributed by atoms with E-state index in [-0.39, 0.29) is 36.5 Å². The molecular weight excluding hydrogens is 442 g/mol. The van der Waals surface area contributed by atoms with Crippen LogP contribution in [0.3, 0.4) is 0 Å². The lowest BCUT2D eigenvalue weighted by atomic mass is 10.2. The number of non-ortho nitro benzene ring substituents is 1. The Morgan fingerprint density at radius 2 is 2.07 bits per heavy atom. The first-order chi connectivity index (χ1) is 13.9. The summed E-state index contributed by atoms with van der Waals surface area (Å²) in [5, 5.41) is 11.1. The molecule has 0 saturated heterocycles. The number of rotatable bonds is 6. The van der Waals surface area contributed by atoms with E-state index in [9.17, 15) is 19.7 Å². The fraction of sp³-hybridized carbons (Fsp3) is 0.300. The summed E-state index contributed by atoms with van der Waals surface area (Å²) < 4.78 is 6.30. The van der Waals surface area contributed by atoms with Gasteiger partial charge in [0.05, 0.1) is 10.6 Å². The van der Waals surface area contributed by atoms with E-state index in [0.29, 0.717) is 12.3 Å². The molecule has 2 aliphatic rings. The van der Waals surface area contributed by atoms with Gasteiger partial charge in [-0.2, -0.15) is 0 Å². The minimum Gasteiger partial charge on any atom is -0.482 e. The lowest BCUT2D eigenvalue weighted by Crippen LogP contribution is -2.46. The number of amides is 2. The van der Waals surface area contributed by atoms with Crippen molar-refractivity contribution in [2.45, 2.75) is 25.4 Å². The van der Waals surface area contributed by atoms with E-state index in [4.69, 9.17) is 4.74 Å². The second-order valence-electron chi connectivity index (χ2n) is 7.06. The van der Waals surface area contributed by atoms with Crippen LogP contribution in [-0.2, 0) is 16.1 Å². The summed E-state index contributed by atoms with van der Waals surface area (Å²) in [7, 11) is 0. The smallest absolute Gasteiger partial charge is 0.271 e. The molecule has 0 atom stereocenters. The monoisotopic (exact) mass is 459 g/mol. The van der Waals surface area contributed by atoms with Crippen LogP contribution in [0.2, 0.25) is 0 Å². The van der Waals surface area contributed by atoms with Crippen molar-refractivity contribution < 1.29 is 19.2 Å². The first-order valence-corrected chi connectivity index (χ1v) is 9.97. The van der Waals surface area contributed by atoms with Crippen LogP contribution in [0.15, 0.2) is 46.9 Å². The van der Waals surface area contributed by atoms with Crippen molar-refractivity contribution in [1.82, 2.24) is 4.90 Å². The summed E-state index contributed by atoms with van der Waals surface area (Å²) in [5.41, 5.74) is 1.08. The highest BCUT2D eigenvalue weighted by atomic mass is 79.9. The summed E-state index contributed by atoms with van der Waals surface area (Å²) in [6, 6.07) is 11.9. The van der Waals surface area contributed by atoms with Crippen LogP contribution in [0, 0.1) is 10.1 Å². The molecule has 0 N–H and O–H groups in total. The third-order valence-corrected chi connectivity index (χ3v) is 5.43. The SMILES string of the molecule is O=C1COc2ccc([N+](=O)[O-])cc2N1CC(=O)N(Cc1cccc(Br)c1)C1CC1. The number of anilines is 1. The molecule has 2 aromatic rings. The highest BCUT2D eigenvalue weighted by molar-refractivity contribution is 9.10. The van der Waals surface area contributed by atoms with E-state index in [1.165, 1.54) is 23.1 Å². The van der Waals surface area contributed by atoms with Crippen molar-refractivity contribution in [2.75, 3.05) is 18.1 Å². The number of halogens is 1. The van der Waals surface area contributed by atoms with Gasteiger partial charge in [-0.25, -0.2) is 0 Å². The number of ether oxygens (including phenoxy) is 1. The fourth-order valence-electron chi connectivity index (χ4n) is 3.34. The first kappa shape index (κ1) is 19.4. The Labute approximate surface area is 175 Å². The van der Waals surface area contributed by atoms with Gasteiger partial charge in [-0.3, -0.25) is 24.6 Å². The number of carbonyl (C=O) groups excluding carboxylic acids is 2. The quantitative estimate of drug-likeness (QED) is 0.488. The number of nitro groups is 1. The Hall–Kier alpha value is -2.94. The molecule has 0 aromatic heterocycles. The molecule has 0 bridgehead atoms. The van der Waals surface area contributed by atoms with Gasteiger partial charge in [0.2, 0.25) is 5.91 Å². The van der Waals surface area contributed by atoms with Crippen molar-refractivity contribution in [1.29, 1.82) is 0 Å². The van der Waals surface area contributed by atoms with Gasteiger partial charge < -0.3 is 9.64 Å². The number of hydrogen-bond donors (Lipinski definition) is 0. The molecule has 2 aromatic carbocycles. The normalized spacial score (nSPS) is 15.5. The molecule has 1 saturated carbocycles. The van der Waals surface area contributed by atoms with Gasteiger partial charge in [-0.15, -0.1) is 0 Å². The molecule has 29 heavy (non-hydrogen) atoms. The number of fused-ring (bicyclic) bond motifs is 1. The molecule has 1 aliphatic heterocycles. The van der Waals surface area contributed by atoms with E-state index in [1.54, 1.807) is 4.90 Å². The van der Waals surface area contributed by atoms with Gasteiger partial charge in [-0.1, -0.05) is 28.1 Å². The molecule has 2 amide bonds. The Morgan fingerprint density at radius 1 is 1.28 bits per heavy atom. The highest BCUT2D eigenvalue weighted by Gasteiger charge is 2.36. The van der Waals surface area contributed by atoms with Crippen LogP contribution < -0.4 is 9.64 Å². The predicted molar refractivity (Wildman–Crippen MR) is 109 cm³/mol. The van der Waals surface area contributed by atoms with E-state index < -0.39 is 10.8 Å². The maximum atomic E-state index is 13.1. The maximum Gasteiger partial charge on any atom is 0.271 e. The summed E-state index contributed by atoms with van der Waals surface area (Å²) in [5.74, 6) is -0.238. The van der Waals surface area contributed by atoms with Crippen LogP contribution in [-0.4, -0.2) is 40.8 Å². The first-order valence-electron chi connectivity index (χ1n) is 9.18. The lowest BCUT2D eigenvalue weighted by molar-refractivity contribution is -0.384. The molecule has 1 aliphatic carbocycles. The standard InChI is InChI=1S/C20H18BrN3O5/c21-14-3-1-2-13(8-14)10-22(15-4-5-15)19(25)11-23-17-9-16(24(27)28)6-7-18(17)29-12-20(23)26/h1-3,6-9,15H,4-5,10-12H2. The fourth-order valence-corrected chi connectivity index (χ4v) is 3.79. The van der Waals surface area contributed by atoms with Crippen molar-refractivity contribution >= 4 is 39.1 Å². The Kier molecular flexibility index (Phi) is 5.23. The summed E-state index contributed by atoms with van der Waals surface area (Å²) in [6.45, 7) is 0.0667. The van der Waals surface area contributed by atoms with Gasteiger partial charge in [0.15, 0.2) is 6.61 Å². The molecule has 4 rings (SSSR count). The second-order valence-corrected chi connectivity index (χ2v) is 7.98. The Morgan fingerprint density at radius 3 is 2.76 bits per heavy atom. The largest absolute Gasteiger partial charge is 0.482 e. The van der Waals surface area contributed by atoms with Gasteiger partial charge in [0.25, 0.3) is 11.6 Å². The van der Waals surface area contributed by atoms with Crippen molar-refractivity contribution in [2.24, 2.45) is 0 Å². The zero-order chi connectivity index (χ0) is 20.5. The highest BCUT2D eigenvalue weighted by Crippen LogP contribution is 2.36. The molecule has 150 valence electrons. The van der Waals surface area contributed by atoms with Crippen LogP contribution in [0.1, 0.15) is 18.4 Å². The maximum absolute atomic E-state index is 13.1. The minimum absolute atomic E-state index is 0.155. The zero-order valence-corrected chi connectivity index (χ0v) is 17.0. The van der Waals surface area contributed by atoms with E-state index in [1.807, 2.05) is 24.3 Å². The van der Waals surface area contributed by atoms with E-state index in [0.717, 1.165) is 22.9 Å². The van der Waals surface area contributed by atoms with Crippen molar-refractivity contribution in [3.8, 4) is 5.75 Å². The van der Waals surface area contributed by atoms with E-state index >= 15 is 0 Å². The molecule has 8 nitrogen and oxygen atoms in total. The van der Waals surface area contributed by atoms with Crippen molar-refractivity contribution in [3.63, 3.8) is 0 Å². The third-order valence-electron chi connectivity index (χ3n) is 4.94. The zero-order valence-electron chi connectivity index (χ0n) is 15.4. The molecule has 1 heterocycles. The van der Waals surface area contributed by atoms with E-state index in [2.05, 4.69) is 15.9 Å². The second kappa shape index (κ2) is 7.82. The molecule has 1 fully saturated rings. The predicted octanol–water partition coefficient (Wildman–Crippen LogP) is 3.27.